The molecule has 0 radical (unpaired) electrons. The Bertz CT molecular complexity index is 1830. The van der Waals surface area contributed by atoms with Crippen LogP contribution in [0.3, 0.4) is 0 Å². The van der Waals surface area contributed by atoms with Gasteiger partial charge in [-0.25, -0.2) is 4.79 Å². The number of likely N-dealkylation sites (tertiary alicyclic amines) is 1. The number of primary amides is 1. The van der Waals surface area contributed by atoms with Crippen LogP contribution in [-0.4, -0.2) is 177 Å². The summed E-state index contributed by atoms with van der Waals surface area (Å²) >= 11 is 0. The van der Waals surface area contributed by atoms with E-state index in [0.29, 0.717) is 25.8 Å². The molecule has 0 aromatic rings. The highest BCUT2D eigenvalue weighted by atomic mass is 16.4. The van der Waals surface area contributed by atoms with Gasteiger partial charge in [0, 0.05) is 6.54 Å². The standard InChI is InChI=1S/C43H75N11O15/c1-10-22(8)33(53-39(64)29-12-11-13-54(29)42(67)31(45)20(4)5)41(66)51-27(17-56)37(62)50-28(18-57)38(63)52-32(21(6)7)40(65)46-23(9)34(59)49-26(16-55)36(61)47-24(14-19(2)3)35(60)48-25(43(68)69)15-30(44)58/h19-29,31-33,55-57H,10-18,45H2,1-9H3,(H2,44,58)(H,46,65)(H,47,61)(H,48,60)(H,49,59)(H,50,62)(H,51,66)(H,52,63)(H,53,64)(H,68,69)/t22-,23-,24-,25-,26-,27-,28-,29-,31-,32-,33-/m0/s1. The Labute approximate surface area is 401 Å². The third-order valence-electron chi connectivity index (χ3n) is 11.4. The number of carbonyl (C=O) groups is 11. The lowest BCUT2D eigenvalue weighted by atomic mass is 9.97. The van der Waals surface area contributed by atoms with Crippen molar-refractivity contribution in [1.29, 1.82) is 0 Å². The van der Waals surface area contributed by atoms with Gasteiger partial charge in [-0.3, -0.25) is 47.9 Å². The summed E-state index contributed by atoms with van der Waals surface area (Å²) in [7, 11) is 0. The van der Waals surface area contributed by atoms with Gasteiger partial charge < -0.3 is 79.3 Å². The second-order valence-electron chi connectivity index (χ2n) is 18.3. The number of carboxylic acid groups (broad SMARTS) is 1. The molecule has 69 heavy (non-hydrogen) atoms. The lowest BCUT2D eigenvalue weighted by molar-refractivity contribution is -0.144. The van der Waals surface area contributed by atoms with Crippen LogP contribution in [0, 0.1) is 23.7 Å². The Morgan fingerprint density at radius 3 is 1.48 bits per heavy atom. The maximum absolute atomic E-state index is 13.6. The summed E-state index contributed by atoms with van der Waals surface area (Å²) in [6.07, 6.45) is 0.490. The van der Waals surface area contributed by atoms with Gasteiger partial charge in [0.05, 0.1) is 32.3 Å². The van der Waals surface area contributed by atoms with Crippen LogP contribution >= 0.6 is 0 Å². The van der Waals surface area contributed by atoms with Crippen molar-refractivity contribution in [3.05, 3.63) is 0 Å². The monoisotopic (exact) mass is 986 g/mol. The zero-order valence-corrected chi connectivity index (χ0v) is 40.8. The molecular formula is C43H75N11O15. The second kappa shape index (κ2) is 29.1. The highest BCUT2D eigenvalue weighted by Gasteiger charge is 2.40. The summed E-state index contributed by atoms with van der Waals surface area (Å²) in [5.74, 6) is -12.2. The molecule has 0 aromatic heterocycles. The quantitative estimate of drug-likeness (QED) is 0.0333. The summed E-state index contributed by atoms with van der Waals surface area (Å²) in [6.45, 7) is 11.9. The molecular weight excluding hydrogens is 911 g/mol. The fraction of sp³-hybridized carbons (Fsp3) is 0.744. The highest BCUT2D eigenvalue weighted by molar-refractivity contribution is 5.99. The minimum absolute atomic E-state index is 0.0266. The van der Waals surface area contributed by atoms with Crippen molar-refractivity contribution in [2.45, 2.75) is 155 Å². The number of nitrogens with one attached hydrogen (secondary N) is 8. The number of hydrogen-bond donors (Lipinski definition) is 14. The van der Waals surface area contributed by atoms with E-state index >= 15 is 0 Å². The molecule has 0 spiro atoms. The molecule has 0 aromatic carbocycles. The first-order valence-electron chi connectivity index (χ1n) is 23.0. The lowest BCUT2D eigenvalue weighted by Gasteiger charge is -2.31. The maximum atomic E-state index is 13.6. The van der Waals surface area contributed by atoms with E-state index in [1.807, 2.05) is 0 Å². The van der Waals surface area contributed by atoms with Gasteiger partial charge in [-0.05, 0) is 49.9 Å². The SMILES string of the molecule is CC[C@H](C)[C@H](NC(=O)[C@@H]1CCCN1C(=O)[C@@H](N)C(C)C)C(=O)N[C@@H](CO)C(=O)N[C@@H](CO)C(=O)N[C@H](C(=O)N[C@@H](C)C(=O)N[C@@H](CO)C(=O)N[C@@H](CC(C)C)C(=O)N[C@@H](CC(N)=O)C(=O)O)C(C)C. The number of amides is 10. The van der Waals surface area contributed by atoms with E-state index in [-0.39, 0.29) is 18.3 Å². The molecule has 392 valence electrons. The zero-order chi connectivity index (χ0) is 53.0. The van der Waals surface area contributed by atoms with E-state index in [1.54, 1.807) is 41.5 Å². The molecule has 0 saturated carbocycles. The van der Waals surface area contributed by atoms with E-state index in [4.69, 9.17) is 11.5 Å². The predicted molar refractivity (Wildman–Crippen MR) is 245 cm³/mol. The smallest absolute Gasteiger partial charge is 0.326 e. The molecule has 1 fully saturated rings. The number of rotatable bonds is 29. The molecule has 16 N–H and O–H groups in total. The van der Waals surface area contributed by atoms with E-state index in [0.717, 1.165) is 0 Å². The number of aliphatic hydroxyl groups is 3. The Morgan fingerprint density at radius 1 is 0.580 bits per heavy atom. The maximum Gasteiger partial charge on any atom is 0.326 e. The van der Waals surface area contributed by atoms with Crippen molar-refractivity contribution in [1.82, 2.24) is 47.4 Å². The molecule has 11 atom stereocenters. The summed E-state index contributed by atoms with van der Waals surface area (Å²) in [5.41, 5.74) is 11.1. The van der Waals surface area contributed by atoms with Gasteiger partial charge in [0.1, 0.15) is 54.4 Å². The molecule has 26 nitrogen and oxygen atoms in total. The summed E-state index contributed by atoms with van der Waals surface area (Å²) in [6, 6.07) is -14.0. The van der Waals surface area contributed by atoms with Gasteiger partial charge in [0.2, 0.25) is 59.1 Å². The summed E-state index contributed by atoms with van der Waals surface area (Å²) < 4.78 is 0. The van der Waals surface area contributed by atoms with Crippen LogP contribution in [0.5, 0.6) is 0 Å². The van der Waals surface area contributed by atoms with Gasteiger partial charge >= 0.3 is 5.97 Å². The molecule has 1 saturated heterocycles. The number of aliphatic hydroxyl groups excluding tert-OH is 3. The minimum Gasteiger partial charge on any atom is -0.480 e. The van der Waals surface area contributed by atoms with Crippen molar-refractivity contribution < 1.29 is 73.2 Å². The number of aliphatic carboxylic acids is 1. The number of carbonyl (C=O) groups excluding carboxylic acids is 10. The van der Waals surface area contributed by atoms with Crippen LogP contribution in [-0.2, 0) is 52.7 Å². The average Bonchev–Trinajstić information content (AvgIpc) is 3.78. The fourth-order valence-corrected chi connectivity index (χ4v) is 6.95. The Kier molecular flexibility index (Phi) is 25.8. The highest BCUT2D eigenvalue weighted by Crippen LogP contribution is 2.21. The van der Waals surface area contributed by atoms with Crippen LogP contribution in [0.1, 0.15) is 94.4 Å². The van der Waals surface area contributed by atoms with E-state index < -0.39 is 164 Å². The second-order valence-corrected chi connectivity index (χ2v) is 18.3. The van der Waals surface area contributed by atoms with Crippen LogP contribution in [0.2, 0.25) is 0 Å². The van der Waals surface area contributed by atoms with Gasteiger partial charge in [0.25, 0.3) is 0 Å². The van der Waals surface area contributed by atoms with Gasteiger partial charge in [-0.15, -0.1) is 0 Å². The van der Waals surface area contributed by atoms with E-state index in [1.165, 1.54) is 25.7 Å². The molecule has 0 unspecified atom stereocenters. The molecule has 1 aliphatic heterocycles. The molecule has 10 amide bonds. The summed E-state index contributed by atoms with van der Waals surface area (Å²) in [4.78, 5) is 144. The number of nitrogens with two attached hydrogens (primary N) is 2. The van der Waals surface area contributed by atoms with Crippen molar-refractivity contribution in [2.75, 3.05) is 26.4 Å². The molecule has 0 bridgehead atoms. The molecule has 1 rings (SSSR count). The number of nitrogens with zero attached hydrogens (tertiary/aromatic N) is 1. The van der Waals surface area contributed by atoms with Gasteiger partial charge in [-0.2, -0.15) is 0 Å². The first kappa shape index (κ1) is 61.0. The first-order valence-corrected chi connectivity index (χ1v) is 23.0. The van der Waals surface area contributed by atoms with Gasteiger partial charge in [-0.1, -0.05) is 61.8 Å². The predicted octanol–water partition coefficient (Wildman–Crippen LogP) is -5.46. The van der Waals surface area contributed by atoms with Crippen molar-refractivity contribution in [3.8, 4) is 0 Å². The van der Waals surface area contributed by atoms with E-state index in [9.17, 15) is 73.2 Å². The molecule has 0 aliphatic carbocycles. The van der Waals surface area contributed by atoms with Crippen molar-refractivity contribution >= 4 is 65.0 Å². The Balaban J connectivity index is 3.04. The molecule has 26 heteroatoms. The Hall–Kier alpha value is -5.99. The number of hydrogen-bond acceptors (Lipinski definition) is 15. The van der Waals surface area contributed by atoms with Crippen LogP contribution in [0.4, 0.5) is 0 Å². The number of carboxylic acids is 1. The van der Waals surface area contributed by atoms with Crippen LogP contribution in [0.25, 0.3) is 0 Å². The normalized spacial score (nSPS) is 17.9. The molecule has 1 heterocycles. The minimum atomic E-state index is -1.74. The van der Waals surface area contributed by atoms with E-state index in [2.05, 4.69) is 42.5 Å². The topological polar surface area (TPSA) is 420 Å². The third kappa shape index (κ3) is 19.1. The lowest BCUT2D eigenvalue weighted by Crippen LogP contribution is -2.62. The van der Waals surface area contributed by atoms with Crippen molar-refractivity contribution in [2.24, 2.45) is 35.1 Å². The average molecular weight is 986 g/mol. The zero-order valence-electron chi connectivity index (χ0n) is 40.8. The largest absolute Gasteiger partial charge is 0.480 e. The first-order chi connectivity index (χ1) is 32.1. The van der Waals surface area contributed by atoms with Crippen LogP contribution in [0.15, 0.2) is 0 Å². The Morgan fingerprint density at radius 2 is 1.03 bits per heavy atom. The van der Waals surface area contributed by atoms with Crippen LogP contribution < -0.4 is 54.0 Å². The fourth-order valence-electron chi connectivity index (χ4n) is 6.95. The van der Waals surface area contributed by atoms with Gasteiger partial charge in [0.15, 0.2) is 0 Å². The third-order valence-corrected chi connectivity index (χ3v) is 11.4. The summed E-state index contributed by atoms with van der Waals surface area (Å²) in [5, 5.41) is 58.3. The molecule has 1 aliphatic rings. The van der Waals surface area contributed by atoms with Crippen molar-refractivity contribution in [3.63, 3.8) is 0 Å².